The Morgan fingerprint density at radius 2 is 1.61 bits per heavy atom. The summed E-state index contributed by atoms with van der Waals surface area (Å²) in [4.78, 5) is 0. The van der Waals surface area contributed by atoms with Gasteiger partial charge in [-0.1, -0.05) is 35.5 Å². The maximum atomic E-state index is 13.7. The third kappa shape index (κ3) is 3.27. The minimum Gasteiger partial charge on any atom is -0.274 e. The van der Waals surface area contributed by atoms with Gasteiger partial charge in [-0.15, -0.1) is 10.2 Å². The molecule has 0 aliphatic heterocycles. The van der Waals surface area contributed by atoms with E-state index in [1.54, 1.807) is 0 Å². The van der Waals surface area contributed by atoms with Crippen LogP contribution in [0, 0.1) is 25.5 Å². The van der Waals surface area contributed by atoms with Crippen molar-refractivity contribution in [1.82, 2.24) is 14.8 Å². The van der Waals surface area contributed by atoms with Crippen LogP contribution in [-0.4, -0.2) is 14.8 Å². The van der Waals surface area contributed by atoms with Gasteiger partial charge < -0.3 is 0 Å². The second-order valence-corrected chi connectivity index (χ2v) is 6.13. The standard InChI is InChI=1S/C17H15F2N3S/c1-11-6-8-13(9-7-11)22-12(2)20-21-17(22)23-10-14-15(18)4-3-5-16(14)19/h3-9H,10H2,1-2H3. The number of aryl methyl sites for hydroxylation is 2. The number of thioether (sulfide) groups is 1. The second kappa shape index (κ2) is 6.50. The van der Waals surface area contributed by atoms with Crippen molar-refractivity contribution in [2.75, 3.05) is 0 Å². The first-order valence-corrected chi connectivity index (χ1v) is 8.09. The molecular formula is C17H15F2N3S. The van der Waals surface area contributed by atoms with E-state index in [1.807, 2.05) is 42.7 Å². The number of rotatable bonds is 4. The number of hydrogen-bond acceptors (Lipinski definition) is 3. The lowest BCUT2D eigenvalue weighted by Crippen LogP contribution is -2.00. The van der Waals surface area contributed by atoms with Crippen molar-refractivity contribution in [3.8, 4) is 5.69 Å². The van der Waals surface area contributed by atoms with Gasteiger partial charge in [0.25, 0.3) is 0 Å². The molecule has 0 atom stereocenters. The fourth-order valence-electron chi connectivity index (χ4n) is 2.23. The summed E-state index contributed by atoms with van der Waals surface area (Å²) in [7, 11) is 0. The van der Waals surface area contributed by atoms with Crippen LogP contribution >= 0.6 is 11.8 Å². The lowest BCUT2D eigenvalue weighted by molar-refractivity contribution is 0.566. The SMILES string of the molecule is Cc1ccc(-n2c(C)nnc2SCc2c(F)cccc2F)cc1. The summed E-state index contributed by atoms with van der Waals surface area (Å²) < 4.78 is 29.3. The molecule has 0 bridgehead atoms. The Morgan fingerprint density at radius 3 is 2.26 bits per heavy atom. The van der Waals surface area contributed by atoms with Crippen molar-refractivity contribution >= 4 is 11.8 Å². The number of halogens is 2. The summed E-state index contributed by atoms with van der Waals surface area (Å²) in [5, 5.41) is 8.80. The van der Waals surface area contributed by atoms with E-state index in [0.717, 1.165) is 17.1 Å². The van der Waals surface area contributed by atoms with Gasteiger partial charge in [0.2, 0.25) is 0 Å². The van der Waals surface area contributed by atoms with Crippen LogP contribution < -0.4 is 0 Å². The highest BCUT2D eigenvalue weighted by atomic mass is 32.2. The van der Waals surface area contributed by atoms with Crippen molar-refractivity contribution in [2.24, 2.45) is 0 Å². The Kier molecular flexibility index (Phi) is 4.43. The van der Waals surface area contributed by atoms with Gasteiger partial charge in [-0.2, -0.15) is 0 Å². The lowest BCUT2D eigenvalue weighted by Gasteiger charge is -2.09. The van der Waals surface area contributed by atoms with Gasteiger partial charge >= 0.3 is 0 Å². The Morgan fingerprint density at radius 1 is 0.957 bits per heavy atom. The fourth-order valence-corrected chi connectivity index (χ4v) is 3.25. The molecule has 3 nitrogen and oxygen atoms in total. The molecule has 3 aromatic rings. The molecule has 0 spiro atoms. The molecule has 1 aromatic heterocycles. The summed E-state index contributed by atoms with van der Waals surface area (Å²) in [5.74, 6) is -0.209. The van der Waals surface area contributed by atoms with Crippen LogP contribution in [0.3, 0.4) is 0 Å². The molecule has 0 saturated carbocycles. The zero-order chi connectivity index (χ0) is 16.4. The summed E-state index contributed by atoms with van der Waals surface area (Å²) in [5.41, 5.74) is 2.13. The molecule has 6 heteroatoms. The van der Waals surface area contributed by atoms with Gasteiger partial charge in [0.1, 0.15) is 17.5 Å². The molecule has 23 heavy (non-hydrogen) atoms. The van der Waals surface area contributed by atoms with Crippen LogP contribution in [0.1, 0.15) is 17.0 Å². The lowest BCUT2D eigenvalue weighted by atomic mass is 10.2. The third-order valence-electron chi connectivity index (χ3n) is 3.49. The maximum Gasteiger partial charge on any atom is 0.196 e. The maximum absolute atomic E-state index is 13.7. The predicted octanol–water partition coefficient (Wildman–Crippen LogP) is 4.45. The van der Waals surface area contributed by atoms with Crippen LogP contribution in [0.2, 0.25) is 0 Å². The molecule has 0 aliphatic rings. The zero-order valence-corrected chi connectivity index (χ0v) is 13.6. The van der Waals surface area contributed by atoms with Crippen LogP contribution in [0.25, 0.3) is 5.69 Å². The average molecular weight is 331 g/mol. The Bertz CT molecular complexity index is 808. The number of aromatic nitrogens is 3. The van der Waals surface area contributed by atoms with E-state index in [9.17, 15) is 8.78 Å². The smallest absolute Gasteiger partial charge is 0.196 e. The topological polar surface area (TPSA) is 30.7 Å². The van der Waals surface area contributed by atoms with Crippen LogP contribution in [0.4, 0.5) is 8.78 Å². The van der Waals surface area contributed by atoms with Gasteiger partial charge in [0, 0.05) is 17.0 Å². The van der Waals surface area contributed by atoms with E-state index in [4.69, 9.17) is 0 Å². The van der Waals surface area contributed by atoms with Gasteiger partial charge in [-0.3, -0.25) is 4.57 Å². The van der Waals surface area contributed by atoms with Crippen molar-refractivity contribution in [3.63, 3.8) is 0 Å². The van der Waals surface area contributed by atoms with Crippen molar-refractivity contribution in [2.45, 2.75) is 24.8 Å². The van der Waals surface area contributed by atoms with Crippen molar-refractivity contribution in [3.05, 3.63) is 71.1 Å². The largest absolute Gasteiger partial charge is 0.274 e. The van der Waals surface area contributed by atoms with E-state index in [0.29, 0.717) is 5.16 Å². The number of nitrogens with zero attached hydrogens (tertiary/aromatic N) is 3. The Labute approximate surface area is 137 Å². The molecule has 2 aromatic carbocycles. The summed E-state index contributed by atoms with van der Waals surface area (Å²) >= 11 is 1.26. The quantitative estimate of drug-likeness (QED) is 0.662. The molecule has 1 heterocycles. The summed E-state index contributed by atoms with van der Waals surface area (Å²) in [6.45, 7) is 3.86. The second-order valence-electron chi connectivity index (χ2n) is 5.19. The van der Waals surface area contributed by atoms with E-state index in [-0.39, 0.29) is 11.3 Å². The van der Waals surface area contributed by atoms with Crippen LogP contribution in [0.5, 0.6) is 0 Å². The zero-order valence-electron chi connectivity index (χ0n) is 12.8. The number of hydrogen-bond donors (Lipinski definition) is 0. The van der Waals surface area contributed by atoms with Gasteiger partial charge in [-0.25, -0.2) is 8.78 Å². The van der Waals surface area contributed by atoms with E-state index in [1.165, 1.54) is 30.0 Å². The van der Waals surface area contributed by atoms with Gasteiger partial charge in [0.15, 0.2) is 5.16 Å². The first kappa shape index (κ1) is 15.7. The molecule has 0 fully saturated rings. The van der Waals surface area contributed by atoms with Crippen molar-refractivity contribution in [1.29, 1.82) is 0 Å². The normalized spacial score (nSPS) is 11.0. The molecule has 0 N–H and O–H groups in total. The molecular weight excluding hydrogens is 316 g/mol. The molecule has 0 aliphatic carbocycles. The third-order valence-corrected chi connectivity index (χ3v) is 4.45. The molecule has 0 unspecified atom stereocenters. The molecule has 118 valence electrons. The summed E-state index contributed by atoms with van der Waals surface area (Å²) in [6, 6.07) is 11.8. The minimum atomic E-state index is -0.546. The minimum absolute atomic E-state index is 0.0496. The van der Waals surface area contributed by atoms with Gasteiger partial charge in [-0.05, 0) is 38.1 Å². The predicted molar refractivity (Wildman–Crippen MR) is 86.8 cm³/mol. The van der Waals surface area contributed by atoms with E-state index in [2.05, 4.69) is 10.2 Å². The summed E-state index contributed by atoms with van der Waals surface area (Å²) in [6.07, 6.45) is 0. The number of benzene rings is 2. The molecule has 0 amide bonds. The fraction of sp³-hybridized carbons (Fsp3) is 0.176. The van der Waals surface area contributed by atoms with Crippen molar-refractivity contribution < 1.29 is 8.78 Å². The average Bonchev–Trinajstić information content (AvgIpc) is 2.89. The van der Waals surface area contributed by atoms with Gasteiger partial charge in [0.05, 0.1) is 0 Å². The molecule has 3 rings (SSSR count). The highest BCUT2D eigenvalue weighted by Gasteiger charge is 2.14. The first-order chi connectivity index (χ1) is 11.1. The Hall–Kier alpha value is -2.21. The van der Waals surface area contributed by atoms with E-state index < -0.39 is 11.6 Å². The monoisotopic (exact) mass is 331 g/mol. The molecule has 0 radical (unpaired) electrons. The highest BCUT2D eigenvalue weighted by Crippen LogP contribution is 2.27. The highest BCUT2D eigenvalue weighted by molar-refractivity contribution is 7.98. The van der Waals surface area contributed by atoms with E-state index >= 15 is 0 Å². The Balaban J connectivity index is 1.89. The van der Waals surface area contributed by atoms with Crippen LogP contribution in [0.15, 0.2) is 47.6 Å². The molecule has 0 saturated heterocycles. The first-order valence-electron chi connectivity index (χ1n) is 7.11. The van der Waals surface area contributed by atoms with Crippen LogP contribution in [-0.2, 0) is 5.75 Å².